The van der Waals surface area contributed by atoms with Gasteiger partial charge in [0, 0.05) is 12.6 Å². The minimum Gasteiger partial charge on any atom is -0.453 e. The summed E-state index contributed by atoms with van der Waals surface area (Å²) in [5, 5.41) is 5.43. The maximum absolute atomic E-state index is 12.9. The van der Waals surface area contributed by atoms with Gasteiger partial charge in [0.15, 0.2) is 0 Å². The molecular formula is C34H40N8O4. The molecule has 2 aliphatic heterocycles. The van der Waals surface area contributed by atoms with Crippen LogP contribution in [0.4, 0.5) is 4.79 Å². The van der Waals surface area contributed by atoms with Gasteiger partial charge in [0.05, 0.1) is 49.5 Å². The Labute approximate surface area is 268 Å². The van der Waals surface area contributed by atoms with E-state index < -0.39 is 6.09 Å². The molecule has 2 aliphatic rings. The molecule has 0 radical (unpaired) electrons. The average molecular weight is 625 g/mol. The fourth-order valence-electron chi connectivity index (χ4n) is 6.58. The summed E-state index contributed by atoms with van der Waals surface area (Å²) in [6.07, 6.45) is 6.55. The monoisotopic (exact) mass is 624 g/mol. The van der Waals surface area contributed by atoms with Gasteiger partial charge in [-0.1, -0.05) is 48.5 Å². The zero-order valence-electron chi connectivity index (χ0n) is 26.4. The Morgan fingerprint density at radius 3 is 1.93 bits per heavy atom. The molecule has 12 heteroatoms. The van der Waals surface area contributed by atoms with Crippen molar-refractivity contribution in [1.82, 2.24) is 40.4 Å². The summed E-state index contributed by atoms with van der Waals surface area (Å²) in [6, 6.07) is 16.5. The number of imidazole rings is 2. The van der Waals surface area contributed by atoms with Crippen LogP contribution in [0.2, 0.25) is 0 Å². The maximum Gasteiger partial charge on any atom is 0.407 e. The number of hydrogen-bond acceptors (Lipinski definition) is 7. The van der Waals surface area contributed by atoms with Gasteiger partial charge in [-0.15, -0.1) is 0 Å². The standard InChI is InChI=1S/C34H40N8O4/c1-21-6-15-29(42(21)31(44)20-38-34(45)46-3)33-37-18-27(40-33)25-13-9-23(10-14-25)22-7-11-24(12-8-22)26-17-36-32(39-26)28-5-4-16-41(28)30(43)19-35-2/h7-14,17-18,21,28-29,35H,4-6,15-16,19-20H2,1-3H3,(H,36,39)(H,37,40)(H,38,45)/t21-,28?,29?/m0/s1. The maximum atomic E-state index is 12.9. The lowest BCUT2D eigenvalue weighted by molar-refractivity contribution is -0.133. The zero-order chi connectivity index (χ0) is 32.2. The lowest BCUT2D eigenvalue weighted by Gasteiger charge is -2.27. The number of methoxy groups -OCH3 is 1. The first-order valence-electron chi connectivity index (χ1n) is 15.7. The molecule has 2 unspecified atom stereocenters. The van der Waals surface area contributed by atoms with Crippen LogP contribution in [-0.4, -0.2) is 87.5 Å². The highest BCUT2D eigenvalue weighted by atomic mass is 16.5. The van der Waals surface area contributed by atoms with Crippen molar-refractivity contribution in [3.8, 4) is 33.6 Å². The Bertz CT molecular complexity index is 1680. The first-order chi connectivity index (χ1) is 22.4. The number of likely N-dealkylation sites (N-methyl/N-ethyl adjacent to an activating group) is 1. The van der Waals surface area contributed by atoms with Crippen molar-refractivity contribution >= 4 is 17.9 Å². The van der Waals surface area contributed by atoms with Gasteiger partial charge in [-0.3, -0.25) is 9.59 Å². The number of aromatic amines is 2. The fraction of sp³-hybridized carbons (Fsp3) is 0.382. The van der Waals surface area contributed by atoms with E-state index in [2.05, 4.69) is 83.8 Å². The predicted molar refractivity (Wildman–Crippen MR) is 173 cm³/mol. The van der Waals surface area contributed by atoms with E-state index in [1.54, 1.807) is 18.1 Å². The molecule has 0 bridgehead atoms. The Morgan fingerprint density at radius 1 is 0.804 bits per heavy atom. The van der Waals surface area contributed by atoms with Crippen molar-refractivity contribution in [2.24, 2.45) is 0 Å². The van der Waals surface area contributed by atoms with Crippen LogP contribution in [0.5, 0.6) is 0 Å². The number of amides is 3. The number of H-pyrrole nitrogens is 2. The van der Waals surface area contributed by atoms with Crippen molar-refractivity contribution in [2.75, 3.05) is 33.8 Å². The molecule has 0 aliphatic carbocycles. The molecule has 240 valence electrons. The van der Waals surface area contributed by atoms with E-state index in [9.17, 15) is 14.4 Å². The summed E-state index contributed by atoms with van der Waals surface area (Å²) in [7, 11) is 3.06. The minimum absolute atomic E-state index is 0.0168. The number of carbonyl (C=O) groups is 3. The van der Waals surface area contributed by atoms with Gasteiger partial charge in [0.25, 0.3) is 0 Å². The molecule has 0 saturated carbocycles. The SMILES string of the molecule is CNCC(=O)N1CCCC1c1ncc(-c2ccc(-c3ccc(-c4cnc(C5CC[C@H](C)N5C(=O)CNC(=O)OC)[nH]4)cc3)cc2)[nH]1. The van der Waals surface area contributed by atoms with Gasteiger partial charge < -0.3 is 35.1 Å². The van der Waals surface area contributed by atoms with Gasteiger partial charge in [-0.2, -0.15) is 0 Å². The molecule has 0 spiro atoms. The van der Waals surface area contributed by atoms with E-state index in [4.69, 9.17) is 0 Å². The summed E-state index contributed by atoms with van der Waals surface area (Å²) in [6.45, 7) is 2.98. The quantitative estimate of drug-likeness (QED) is 0.215. The number of nitrogens with one attached hydrogen (secondary N) is 4. The molecule has 2 aromatic carbocycles. The number of aromatic nitrogens is 4. The molecule has 6 rings (SSSR count). The molecule has 3 amide bonds. The van der Waals surface area contributed by atoms with Gasteiger partial charge in [-0.05, 0) is 61.9 Å². The number of rotatable bonds is 9. The lowest BCUT2D eigenvalue weighted by Crippen LogP contribution is -2.43. The third-order valence-corrected chi connectivity index (χ3v) is 8.97. The normalized spacial score (nSPS) is 19.4. The first-order valence-corrected chi connectivity index (χ1v) is 15.7. The van der Waals surface area contributed by atoms with E-state index in [1.807, 2.05) is 18.0 Å². The van der Waals surface area contributed by atoms with Crippen LogP contribution >= 0.6 is 0 Å². The van der Waals surface area contributed by atoms with E-state index in [0.29, 0.717) is 6.54 Å². The second-order valence-corrected chi connectivity index (χ2v) is 11.9. The number of ether oxygens (including phenoxy) is 1. The molecule has 2 saturated heterocycles. The summed E-state index contributed by atoms with van der Waals surface area (Å²) in [5.41, 5.74) is 6.01. The summed E-state index contributed by atoms with van der Waals surface area (Å²) >= 11 is 0. The number of hydrogen-bond donors (Lipinski definition) is 4. The highest BCUT2D eigenvalue weighted by Crippen LogP contribution is 2.36. The smallest absolute Gasteiger partial charge is 0.407 e. The summed E-state index contributed by atoms with van der Waals surface area (Å²) in [5.74, 6) is 1.49. The summed E-state index contributed by atoms with van der Waals surface area (Å²) in [4.78, 5) is 56.7. The van der Waals surface area contributed by atoms with Crippen LogP contribution in [0.3, 0.4) is 0 Å². The minimum atomic E-state index is -0.630. The molecule has 3 atom stereocenters. The van der Waals surface area contributed by atoms with Crippen LogP contribution < -0.4 is 10.6 Å². The largest absolute Gasteiger partial charge is 0.453 e. The second kappa shape index (κ2) is 13.6. The van der Waals surface area contributed by atoms with Crippen LogP contribution in [0.25, 0.3) is 33.6 Å². The number of carbonyl (C=O) groups excluding carboxylic acids is 3. The highest BCUT2D eigenvalue weighted by molar-refractivity contribution is 5.83. The zero-order valence-corrected chi connectivity index (χ0v) is 26.4. The highest BCUT2D eigenvalue weighted by Gasteiger charge is 2.37. The molecule has 4 heterocycles. The Hall–Kier alpha value is -4.97. The van der Waals surface area contributed by atoms with Crippen LogP contribution in [0, 0.1) is 0 Å². The number of benzene rings is 2. The third-order valence-electron chi connectivity index (χ3n) is 8.97. The second-order valence-electron chi connectivity index (χ2n) is 11.9. The van der Waals surface area contributed by atoms with E-state index in [0.717, 1.165) is 77.5 Å². The molecule has 4 aromatic rings. The van der Waals surface area contributed by atoms with E-state index >= 15 is 0 Å². The lowest BCUT2D eigenvalue weighted by atomic mass is 10.0. The molecule has 46 heavy (non-hydrogen) atoms. The molecular weight excluding hydrogens is 584 g/mol. The van der Waals surface area contributed by atoms with Crippen molar-refractivity contribution in [3.63, 3.8) is 0 Å². The molecule has 2 fully saturated rings. The molecule has 2 aromatic heterocycles. The summed E-state index contributed by atoms with van der Waals surface area (Å²) < 4.78 is 4.59. The fourth-order valence-corrected chi connectivity index (χ4v) is 6.58. The average Bonchev–Trinajstić information content (AvgIpc) is 3.90. The van der Waals surface area contributed by atoms with Gasteiger partial charge in [-0.25, -0.2) is 14.8 Å². The van der Waals surface area contributed by atoms with Crippen molar-refractivity contribution in [3.05, 3.63) is 72.6 Å². The first kappa shape index (κ1) is 31.0. The molecule has 12 nitrogen and oxygen atoms in total. The topological polar surface area (TPSA) is 148 Å². The van der Waals surface area contributed by atoms with Crippen LogP contribution in [-0.2, 0) is 14.3 Å². The Balaban J connectivity index is 1.11. The van der Waals surface area contributed by atoms with Crippen molar-refractivity contribution < 1.29 is 19.1 Å². The Morgan fingerprint density at radius 2 is 1.37 bits per heavy atom. The van der Waals surface area contributed by atoms with Crippen molar-refractivity contribution in [1.29, 1.82) is 0 Å². The van der Waals surface area contributed by atoms with Gasteiger partial charge in [0.2, 0.25) is 11.8 Å². The molecule has 4 N–H and O–H groups in total. The predicted octanol–water partition coefficient (Wildman–Crippen LogP) is 4.42. The van der Waals surface area contributed by atoms with Crippen molar-refractivity contribution in [2.45, 2.75) is 50.7 Å². The van der Waals surface area contributed by atoms with E-state index in [-0.39, 0.29) is 36.5 Å². The number of alkyl carbamates (subject to hydrolysis) is 1. The number of nitrogens with zero attached hydrogens (tertiary/aromatic N) is 4. The van der Waals surface area contributed by atoms with Gasteiger partial charge in [0.1, 0.15) is 18.2 Å². The van der Waals surface area contributed by atoms with Crippen LogP contribution in [0.1, 0.15) is 56.3 Å². The van der Waals surface area contributed by atoms with Gasteiger partial charge >= 0.3 is 6.09 Å². The Kier molecular flexibility index (Phi) is 9.16. The number of likely N-dealkylation sites (tertiary alicyclic amines) is 2. The third kappa shape index (κ3) is 6.38. The van der Waals surface area contributed by atoms with E-state index in [1.165, 1.54) is 7.11 Å². The van der Waals surface area contributed by atoms with Crippen LogP contribution in [0.15, 0.2) is 60.9 Å².